The van der Waals surface area contributed by atoms with Crippen LogP contribution in [0.3, 0.4) is 0 Å². The number of piperazine rings is 1. The summed E-state index contributed by atoms with van der Waals surface area (Å²) in [5.41, 5.74) is 0.986. The first-order valence-electron chi connectivity index (χ1n) is 11.0. The first kappa shape index (κ1) is 21.7. The quantitative estimate of drug-likeness (QED) is 0.641. The number of nitrogens with one attached hydrogen (secondary N) is 1. The largest absolute Gasteiger partial charge is 0.347 e. The maximum Gasteiger partial charge on any atom is 0.345 e. The molecule has 31 heavy (non-hydrogen) atoms. The molecule has 9 nitrogen and oxygen atoms in total. The van der Waals surface area contributed by atoms with E-state index in [1.54, 1.807) is 4.90 Å². The Morgan fingerprint density at radius 2 is 1.84 bits per heavy atom. The normalized spacial score (nSPS) is 24.5. The molecule has 3 fully saturated rings. The molecular weight excluding hydrogens is 398 g/mol. The van der Waals surface area contributed by atoms with Gasteiger partial charge in [0, 0.05) is 32.7 Å². The Morgan fingerprint density at radius 1 is 1.10 bits per heavy atom. The van der Waals surface area contributed by atoms with Crippen LogP contribution in [0.5, 0.6) is 0 Å². The van der Waals surface area contributed by atoms with Gasteiger partial charge in [-0.15, -0.1) is 0 Å². The zero-order valence-corrected chi connectivity index (χ0v) is 18.0. The fraction of sp³-hybridized carbons (Fsp3) is 0.591. The highest BCUT2D eigenvalue weighted by molar-refractivity contribution is 5.92. The Kier molecular flexibility index (Phi) is 6.84. The summed E-state index contributed by atoms with van der Waals surface area (Å²) >= 11 is 0. The van der Waals surface area contributed by atoms with Gasteiger partial charge >= 0.3 is 6.03 Å². The number of Topliss-reactive ketones (excluding diaryl/α,β-unsaturated/α-hetero) is 1. The van der Waals surface area contributed by atoms with Crippen molar-refractivity contribution in [2.45, 2.75) is 31.5 Å². The van der Waals surface area contributed by atoms with E-state index in [0.717, 1.165) is 31.7 Å². The van der Waals surface area contributed by atoms with Crippen LogP contribution in [0, 0.1) is 0 Å². The molecule has 2 bridgehead atoms. The van der Waals surface area contributed by atoms with Gasteiger partial charge in [-0.3, -0.25) is 19.3 Å². The van der Waals surface area contributed by atoms with Crippen molar-refractivity contribution in [2.75, 3.05) is 52.9 Å². The zero-order valence-electron chi connectivity index (χ0n) is 18.0. The molecule has 3 aliphatic rings. The predicted octanol–water partition coefficient (Wildman–Crippen LogP) is 0.320. The Morgan fingerprint density at radius 3 is 2.58 bits per heavy atom. The van der Waals surface area contributed by atoms with Gasteiger partial charge in [-0.2, -0.15) is 5.06 Å². The number of hydrogen-bond acceptors (Lipinski definition) is 6. The second-order valence-corrected chi connectivity index (χ2v) is 8.60. The molecule has 0 radical (unpaired) electrons. The van der Waals surface area contributed by atoms with Crippen molar-refractivity contribution in [1.82, 2.24) is 25.1 Å². The van der Waals surface area contributed by atoms with Crippen LogP contribution in [0.25, 0.3) is 0 Å². The molecule has 3 aliphatic heterocycles. The van der Waals surface area contributed by atoms with Crippen LogP contribution >= 0.6 is 0 Å². The standard InChI is InChI=1S/C22H31N5O4/c1-24-9-11-25(12-10-24)15-19(28)13-23-21(29)20-8-7-18-14-26(20)22(30)27(18)31-16-17-5-3-2-4-6-17/h2-6,18,20H,7-16H2,1H3,(H,23,29)/t18-,20+/m1/s1. The Hall–Kier alpha value is -2.49. The number of rotatable bonds is 8. The van der Waals surface area contributed by atoms with Crippen molar-refractivity contribution < 1.29 is 19.2 Å². The van der Waals surface area contributed by atoms with Gasteiger partial charge in [0.1, 0.15) is 12.6 Å². The van der Waals surface area contributed by atoms with E-state index in [2.05, 4.69) is 22.2 Å². The third kappa shape index (κ3) is 5.23. The maximum atomic E-state index is 12.8. The molecule has 4 rings (SSSR count). The molecule has 9 heteroatoms. The number of likely N-dealkylation sites (N-methyl/N-ethyl adjacent to an activating group) is 1. The van der Waals surface area contributed by atoms with E-state index >= 15 is 0 Å². The summed E-state index contributed by atoms with van der Waals surface area (Å²) in [6.07, 6.45) is 1.27. The number of nitrogens with zero attached hydrogens (tertiary/aromatic N) is 4. The highest BCUT2D eigenvalue weighted by Gasteiger charge is 2.47. The number of piperidine rings is 1. The summed E-state index contributed by atoms with van der Waals surface area (Å²) < 4.78 is 0. The molecular formula is C22H31N5O4. The first-order chi connectivity index (χ1) is 15.0. The number of hydroxylamine groups is 2. The van der Waals surface area contributed by atoms with Crippen LogP contribution in [0.15, 0.2) is 30.3 Å². The summed E-state index contributed by atoms with van der Waals surface area (Å²) in [6, 6.07) is 8.81. The second-order valence-electron chi connectivity index (χ2n) is 8.60. The number of hydrogen-bond donors (Lipinski definition) is 1. The average Bonchev–Trinajstić information content (AvgIpc) is 3.02. The minimum absolute atomic E-state index is 0.00134. The number of carbonyl (C=O) groups excluding carboxylic acids is 3. The molecule has 1 aromatic carbocycles. The van der Waals surface area contributed by atoms with Crippen LogP contribution < -0.4 is 5.32 Å². The summed E-state index contributed by atoms with van der Waals surface area (Å²) in [5, 5.41) is 4.16. The second kappa shape index (κ2) is 9.76. The topological polar surface area (TPSA) is 85.4 Å². The van der Waals surface area contributed by atoms with Crippen LogP contribution in [0.4, 0.5) is 4.79 Å². The van der Waals surface area contributed by atoms with Crippen molar-refractivity contribution >= 4 is 17.7 Å². The zero-order chi connectivity index (χ0) is 21.8. The van der Waals surface area contributed by atoms with Gasteiger partial charge < -0.3 is 15.1 Å². The van der Waals surface area contributed by atoms with Gasteiger partial charge in [-0.05, 0) is 25.5 Å². The fourth-order valence-electron chi connectivity index (χ4n) is 4.40. The van der Waals surface area contributed by atoms with Crippen molar-refractivity contribution in [1.29, 1.82) is 0 Å². The average molecular weight is 430 g/mol. The summed E-state index contributed by atoms with van der Waals surface area (Å²) in [4.78, 5) is 49.5. The highest BCUT2D eigenvalue weighted by Crippen LogP contribution is 2.30. The number of carbonyl (C=O) groups is 3. The lowest BCUT2D eigenvalue weighted by Gasteiger charge is -2.32. The van der Waals surface area contributed by atoms with Crippen molar-refractivity contribution in [3.8, 4) is 0 Å². The van der Waals surface area contributed by atoms with E-state index in [4.69, 9.17) is 4.84 Å². The SMILES string of the molecule is CN1CCN(CC(=O)CNC(=O)[C@@H]2CC[C@@H]3CN2C(=O)N3OCc2ccccc2)CC1. The van der Waals surface area contributed by atoms with Crippen LogP contribution in [0.2, 0.25) is 0 Å². The van der Waals surface area contributed by atoms with Gasteiger partial charge in [0.2, 0.25) is 5.91 Å². The minimum atomic E-state index is -0.550. The van der Waals surface area contributed by atoms with E-state index < -0.39 is 6.04 Å². The Bertz CT molecular complexity index is 796. The highest BCUT2D eigenvalue weighted by atomic mass is 16.7. The van der Waals surface area contributed by atoms with Gasteiger partial charge in [-0.25, -0.2) is 4.79 Å². The van der Waals surface area contributed by atoms with Crippen LogP contribution in [-0.4, -0.2) is 102 Å². The molecule has 1 N–H and O–H groups in total. The number of fused-ring (bicyclic) bond motifs is 2. The van der Waals surface area contributed by atoms with Crippen LogP contribution in [0.1, 0.15) is 18.4 Å². The Labute approximate surface area is 182 Å². The van der Waals surface area contributed by atoms with E-state index in [1.165, 1.54) is 5.06 Å². The molecule has 0 aromatic heterocycles. The predicted molar refractivity (Wildman–Crippen MR) is 114 cm³/mol. The molecule has 0 spiro atoms. The summed E-state index contributed by atoms with van der Waals surface area (Å²) in [7, 11) is 2.07. The van der Waals surface area contributed by atoms with E-state index in [0.29, 0.717) is 32.5 Å². The molecule has 0 saturated carbocycles. The number of ketones is 1. The van der Waals surface area contributed by atoms with Crippen molar-refractivity contribution in [2.24, 2.45) is 0 Å². The van der Waals surface area contributed by atoms with Gasteiger partial charge in [0.25, 0.3) is 0 Å². The van der Waals surface area contributed by atoms with E-state index in [-0.39, 0.29) is 30.3 Å². The number of amides is 3. The molecule has 168 valence electrons. The maximum absolute atomic E-state index is 12.8. The third-order valence-corrected chi connectivity index (χ3v) is 6.29. The third-order valence-electron chi connectivity index (χ3n) is 6.29. The lowest BCUT2D eigenvalue weighted by molar-refractivity contribution is -0.140. The number of urea groups is 1. The summed E-state index contributed by atoms with van der Waals surface area (Å²) in [6.45, 7) is 4.76. The number of benzene rings is 1. The fourth-order valence-corrected chi connectivity index (χ4v) is 4.40. The van der Waals surface area contributed by atoms with E-state index in [1.807, 2.05) is 30.3 Å². The molecule has 1 aromatic rings. The van der Waals surface area contributed by atoms with Crippen LogP contribution in [-0.2, 0) is 21.0 Å². The molecule has 3 saturated heterocycles. The summed E-state index contributed by atoms with van der Waals surface area (Å²) in [5.74, 6) is -0.268. The smallest absolute Gasteiger partial charge is 0.345 e. The first-order valence-corrected chi connectivity index (χ1v) is 11.0. The minimum Gasteiger partial charge on any atom is -0.347 e. The van der Waals surface area contributed by atoms with E-state index in [9.17, 15) is 14.4 Å². The molecule has 0 unspecified atom stereocenters. The monoisotopic (exact) mass is 429 g/mol. The molecule has 3 amide bonds. The Balaban J connectivity index is 1.24. The van der Waals surface area contributed by atoms with Crippen molar-refractivity contribution in [3.63, 3.8) is 0 Å². The van der Waals surface area contributed by atoms with Gasteiger partial charge in [0.05, 0.1) is 19.1 Å². The molecule has 2 atom stereocenters. The lowest BCUT2D eigenvalue weighted by atomic mass is 10.0. The van der Waals surface area contributed by atoms with Gasteiger partial charge in [-0.1, -0.05) is 30.3 Å². The van der Waals surface area contributed by atoms with Gasteiger partial charge in [0.15, 0.2) is 5.78 Å². The molecule has 0 aliphatic carbocycles. The molecule has 3 heterocycles. The van der Waals surface area contributed by atoms with Crippen molar-refractivity contribution in [3.05, 3.63) is 35.9 Å². The lowest BCUT2D eigenvalue weighted by Crippen LogP contribution is -2.51.